The Bertz CT molecular complexity index is 1160. The Morgan fingerprint density at radius 2 is 1.39 bits per heavy atom. The Morgan fingerprint density at radius 1 is 0.857 bits per heavy atom. The largest absolute Gasteiger partial charge is 0.433 e. The summed E-state index contributed by atoms with van der Waals surface area (Å²) in [5.41, 5.74) is 3.33. The van der Waals surface area contributed by atoms with Gasteiger partial charge in [-0.3, -0.25) is 0 Å². The SMILES string of the molecule is Cc1ccc(-c2cc(C(F)(F)F)n3nc(-c4ccc(C)cc4)c(Br)c3n2)cc1. The number of aryl methyl sites for hydroxylation is 2. The molecule has 0 N–H and O–H groups in total. The van der Waals surface area contributed by atoms with E-state index in [0.717, 1.165) is 21.7 Å². The predicted octanol–water partition coefficient (Wildman–Crippen LogP) is 6.46. The zero-order chi connectivity index (χ0) is 20.1. The fraction of sp³-hybridized carbons (Fsp3) is 0.143. The molecule has 7 heteroatoms. The molecule has 0 aliphatic carbocycles. The fourth-order valence-electron chi connectivity index (χ4n) is 2.96. The molecule has 0 aliphatic heterocycles. The number of benzene rings is 2. The molecule has 3 nitrogen and oxygen atoms in total. The van der Waals surface area contributed by atoms with Crippen molar-refractivity contribution in [1.29, 1.82) is 0 Å². The van der Waals surface area contributed by atoms with Crippen molar-refractivity contribution in [3.8, 4) is 22.5 Å². The van der Waals surface area contributed by atoms with Gasteiger partial charge in [-0.05, 0) is 35.8 Å². The Balaban J connectivity index is 1.99. The van der Waals surface area contributed by atoms with Gasteiger partial charge in [0.2, 0.25) is 0 Å². The lowest BCUT2D eigenvalue weighted by Crippen LogP contribution is -2.13. The molecule has 0 bridgehead atoms. The zero-order valence-corrected chi connectivity index (χ0v) is 16.6. The second-order valence-electron chi connectivity index (χ2n) is 6.65. The Labute approximate surface area is 168 Å². The monoisotopic (exact) mass is 445 g/mol. The summed E-state index contributed by atoms with van der Waals surface area (Å²) in [4.78, 5) is 4.47. The van der Waals surface area contributed by atoms with Gasteiger partial charge in [-0.15, -0.1) is 0 Å². The van der Waals surface area contributed by atoms with Crippen LogP contribution in [0.4, 0.5) is 13.2 Å². The molecule has 0 amide bonds. The fourth-order valence-corrected chi connectivity index (χ4v) is 3.53. The summed E-state index contributed by atoms with van der Waals surface area (Å²) < 4.78 is 42.6. The molecule has 142 valence electrons. The minimum Gasteiger partial charge on any atom is -0.227 e. The predicted molar refractivity (Wildman–Crippen MR) is 106 cm³/mol. The number of rotatable bonds is 2. The summed E-state index contributed by atoms with van der Waals surface area (Å²) in [6, 6.07) is 15.7. The molecule has 0 fully saturated rings. The van der Waals surface area contributed by atoms with E-state index in [9.17, 15) is 13.2 Å². The third-order valence-electron chi connectivity index (χ3n) is 4.50. The molecule has 2 aromatic heterocycles. The summed E-state index contributed by atoms with van der Waals surface area (Å²) in [6.45, 7) is 3.86. The lowest BCUT2D eigenvalue weighted by atomic mass is 10.1. The van der Waals surface area contributed by atoms with Gasteiger partial charge in [0.25, 0.3) is 0 Å². The van der Waals surface area contributed by atoms with Gasteiger partial charge >= 0.3 is 6.18 Å². The second kappa shape index (κ2) is 6.74. The van der Waals surface area contributed by atoms with E-state index in [1.165, 1.54) is 0 Å². The zero-order valence-electron chi connectivity index (χ0n) is 15.0. The summed E-state index contributed by atoms with van der Waals surface area (Å²) >= 11 is 3.41. The third-order valence-corrected chi connectivity index (χ3v) is 5.23. The molecule has 0 saturated carbocycles. The van der Waals surface area contributed by atoms with Gasteiger partial charge in [-0.1, -0.05) is 59.7 Å². The highest BCUT2D eigenvalue weighted by molar-refractivity contribution is 9.10. The molecule has 2 heterocycles. The molecule has 2 aromatic carbocycles. The number of nitrogens with zero attached hydrogens (tertiary/aromatic N) is 3. The van der Waals surface area contributed by atoms with Crippen LogP contribution >= 0.6 is 15.9 Å². The Morgan fingerprint density at radius 3 is 1.93 bits per heavy atom. The standard InChI is InChI=1S/C21H15BrF3N3/c1-12-3-7-14(8-4-12)16-11-17(21(23,24)25)28-20(26-16)18(22)19(27-28)15-9-5-13(2)6-10-15/h3-11H,1-2H3. The molecule has 0 saturated heterocycles. The van der Waals surface area contributed by atoms with Crippen LogP contribution in [-0.2, 0) is 6.18 Å². The van der Waals surface area contributed by atoms with Crippen molar-refractivity contribution < 1.29 is 13.2 Å². The first-order chi connectivity index (χ1) is 13.2. The number of hydrogen-bond donors (Lipinski definition) is 0. The minimum atomic E-state index is -4.57. The van der Waals surface area contributed by atoms with Crippen LogP contribution in [0.25, 0.3) is 28.2 Å². The molecule has 28 heavy (non-hydrogen) atoms. The van der Waals surface area contributed by atoms with Crippen LogP contribution in [0.1, 0.15) is 16.8 Å². The number of aromatic nitrogens is 3. The Kier molecular flexibility index (Phi) is 4.50. The molecular weight excluding hydrogens is 431 g/mol. The van der Waals surface area contributed by atoms with Crippen molar-refractivity contribution in [1.82, 2.24) is 14.6 Å². The highest BCUT2D eigenvalue weighted by atomic mass is 79.9. The van der Waals surface area contributed by atoms with Crippen LogP contribution < -0.4 is 0 Å². The quantitative estimate of drug-likeness (QED) is 0.354. The van der Waals surface area contributed by atoms with Gasteiger partial charge in [-0.25, -0.2) is 9.50 Å². The normalized spacial score (nSPS) is 11.9. The molecule has 4 rings (SSSR count). The van der Waals surface area contributed by atoms with Crippen LogP contribution in [0.3, 0.4) is 0 Å². The van der Waals surface area contributed by atoms with Crippen LogP contribution in [0, 0.1) is 13.8 Å². The molecule has 0 atom stereocenters. The first kappa shape index (κ1) is 18.7. The van der Waals surface area contributed by atoms with Crippen molar-refractivity contribution >= 4 is 21.6 Å². The van der Waals surface area contributed by atoms with E-state index in [0.29, 0.717) is 21.3 Å². The molecule has 0 unspecified atom stereocenters. The van der Waals surface area contributed by atoms with Gasteiger partial charge in [0.15, 0.2) is 11.3 Å². The topological polar surface area (TPSA) is 30.2 Å². The summed E-state index contributed by atoms with van der Waals surface area (Å²) in [6.07, 6.45) is -4.57. The van der Waals surface area contributed by atoms with E-state index in [1.807, 2.05) is 50.2 Å². The lowest BCUT2D eigenvalue weighted by Gasteiger charge is -2.11. The van der Waals surface area contributed by atoms with Crippen molar-refractivity contribution in [2.75, 3.05) is 0 Å². The smallest absolute Gasteiger partial charge is 0.227 e. The van der Waals surface area contributed by atoms with Crippen LogP contribution in [0.2, 0.25) is 0 Å². The molecule has 0 radical (unpaired) electrons. The molecule has 0 aliphatic rings. The van der Waals surface area contributed by atoms with Crippen molar-refractivity contribution in [3.05, 3.63) is 75.9 Å². The van der Waals surface area contributed by atoms with E-state index < -0.39 is 11.9 Å². The van der Waals surface area contributed by atoms with Gasteiger partial charge in [0.1, 0.15) is 5.69 Å². The van der Waals surface area contributed by atoms with E-state index in [2.05, 4.69) is 26.0 Å². The summed E-state index contributed by atoms with van der Waals surface area (Å²) in [5, 5.41) is 4.21. The number of alkyl halides is 3. The highest BCUT2D eigenvalue weighted by Crippen LogP contribution is 2.37. The van der Waals surface area contributed by atoms with Gasteiger partial charge in [0.05, 0.1) is 10.2 Å². The first-order valence-electron chi connectivity index (χ1n) is 8.54. The van der Waals surface area contributed by atoms with Crippen LogP contribution in [0.5, 0.6) is 0 Å². The lowest BCUT2D eigenvalue weighted by molar-refractivity contribution is -0.142. The van der Waals surface area contributed by atoms with Crippen molar-refractivity contribution in [2.45, 2.75) is 20.0 Å². The summed E-state index contributed by atoms with van der Waals surface area (Å²) in [7, 11) is 0. The second-order valence-corrected chi connectivity index (χ2v) is 7.45. The van der Waals surface area contributed by atoms with E-state index in [4.69, 9.17) is 0 Å². The van der Waals surface area contributed by atoms with Crippen molar-refractivity contribution in [3.63, 3.8) is 0 Å². The first-order valence-corrected chi connectivity index (χ1v) is 9.34. The van der Waals surface area contributed by atoms with Gasteiger partial charge in [0, 0.05) is 11.1 Å². The Hall–Kier alpha value is -2.67. The van der Waals surface area contributed by atoms with Crippen LogP contribution in [0.15, 0.2) is 59.1 Å². The van der Waals surface area contributed by atoms with Crippen molar-refractivity contribution in [2.24, 2.45) is 0 Å². The van der Waals surface area contributed by atoms with E-state index in [-0.39, 0.29) is 11.3 Å². The van der Waals surface area contributed by atoms with Gasteiger partial charge < -0.3 is 0 Å². The van der Waals surface area contributed by atoms with E-state index in [1.54, 1.807) is 12.1 Å². The minimum absolute atomic E-state index is 0.126. The average molecular weight is 446 g/mol. The molecule has 4 aromatic rings. The number of hydrogen-bond acceptors (Lipinski definition) is 2. The third kappa shape index (κ3) is 3.30. The molecule has 0 spiro atoms. The maximum absolute atomic E-state index is 13.8. The summed E-state index contributed by atoms with van der Waals surface area (Å²) in [5.74, 6) is 0. The van der Waals surface area contributed by atoms with E-state index >= 15 is 0 Å². The number of fused-ring (bicyclic) bond motifs is 1. The maximum Gasteiger partial charge on any atom is 0.433 e. The molecular formula is C21H15BrF3N3. The van der Waals surface area contributed by atoms with Gasteiger partial charge in [-0.2, -0.15) is 18.3 Å². The van der Waals surface area contributed by atoms with Crippen LogP contribution in [-0.4, -0.2) is 14.6 Å². The maximum atomic E-state index is 13.8. The highest BCUT2D eigenvalue weighted by Gasteiger charge is 2.36. The number of halogens is 4. The average Bonchev–Trinajstić information content (AvgIpc) is 2.98.